The van der Waals surface area contributed by atoms with Gasteiger partial charge < -0.3 is 4.74 Å². The lowest BCUT2D eigenvalue weighted by Gasteiger charge is -2.07. The van der Waals surface area contributed by atoms with Crippen LogP contribution in [-0.2, 0) is 9.59 Å². The quantitative estimate of drug-likeness (QED) is 0.652. The van der Waals surface area contributed by atoms with E-state index in [2.05, 4.69) is 10.9 Å². The molecule has 0 bridgehead atoms. The molecular formula is C17H14F2N2O3. The second kappa shape index (κ2) is 8.42. The molecule has 0 aliphatic heterocycles. The fourth-order valence-electron chi connectivity index (χ4n) is 1.67. The van der Waals surface area contributed by atoms with Crippen molar-refractivity contribution in [1.29, 1.82) is 0 Å². The predicted octanol–water partition coefficient (Wildman–Crippen LogP) is 2.20. The molecule has 0 unspecified atom stereocenters. The molecule has 2 rings (SSSR count). The normalized spacial score (nSPS) is 10.4. The molecule has 0 fully saturated rings. The summed E-state index contributed by atoms with van der Waals surface area (Å²) in [4.78, 5) is 23.0. The van der Waals surface area contributed by atoms with Gasteiger partial charge >= 0.3 is 0 Å². The first-order valence-corrected chi connectivity index (χ1v) is 6.94. The van der Waals surface area contributed by atoms with E-state index in [1.54, 1.807) is 6.07 Å². The molecule has 0 aromatic heterocycles. The van der Waals surface area contributed by atoms with Gasteiger partial charge in [0, 0.05) is 6.08 Å². The molecule has 2 aromatic rings. The average Bonchev–Trinajstić information content (AvgIpc) is 2.57. The highest BCUT2D eigenvalue weighted by Gasteiger charge is 2.04. The van der Waals surface area contributed by atoms with E-state index in [1.165, 1.54) is 48.5 Å². The lowest BCUT2D eigenvalue weighted by Crippen LogP contribution is -2.43. The van der Waals surface area contributed by atoms with Crippen molar-refractivity contribution in [2.24, 2.45) is 0 Å². The summed E-state index contributed by atoms with van der Waals surface area (Å²) in [5, 5.41) is 0. The number of ether oxygens (including phenoxy) is 1. The Hall–Kier alpha value is -3.22. The summed E-state index contributed by atoms with van der Waals surface area (Å²) in [5.41, 5.74) is 4.81. The van der Waals surface area contributed by atoms with Gasteiger partial charge in [0.05, 0.1) is 0 Å². The topological polar surface area (TPSA) is 67.4 Å². The molecule has 0 aliphatic carbocycles. The van der Waals surface area contributed by atoms with Crippen molar-refractivity contribution in [3.63, 3.8) is 0 Å². The van der Waals surface area contributed by atoms with Crippen LogP contribution >= 0.6 is 0 Å². The highest BCUT2D eigenvalue weighted by atomic mass is 19.1. The van der Waals surface area contributed by atoms with E-state index in [0.717, 1.165) is 6.08 Å². The number of carbonyl (C=O) groups is 2. The molecule has 0 atom stereocenters. The largest absolute Gasteiger partial charge is 0.484 e. The summed E-state index contributed by atoms with van der Waals surface area (Å²) in [7, 11) is 0. The second-order valence-electron chi connectivity index (χ2n) is 4.67. The number of carbonyl (C=O) groups excluding carboxylic acids is 2. The van der Waals surface area contributed by atoms with E-state index in [1.807, 2.05) is 0 Å². The van der Waals surface area contributed by atoms with Gasteiger partial charge in [-0.05, 0) is 48.0 Å². The van der Waals surface area contributed by atoms with Crippen LogP contribution < -0.4 is 15.6 Å². The number of hydrogen-bond acceptors (Lipinski definition) is 3. The number of amides is 2. The summed E-state index contributed by atoms with van der Waals surface area (Å²) in [6, 6.07) is 10.9. The Labute approximate surface area is 136 Å². The molecule has 24 heavy (non-hydrogen) atoms. The van der Waals surface area contributed by atoms with E-state index in [0.29, 0.717) is 11.3 Å². The average molecular weight is 332 g/mol. The van der Waals surface area contributed by atoms with Crippen LogP contribution in [0.1, 0.15) is 5.56 Å². The van der Waals surface area contributed by atoms with Gasteiger partial charge in [-0.1, -0.05) is 12.1 Å². The highest BCUT2D eigenvalue weighted by Crippen LogP contribution is 2.10. The molecule has 0 radical (unpaired) electrons. The van der Waals surface area contributed by atoms with Gasteiger partial charge in [0.15, 0.2) is 6.61 Å². The lowest BCUT2D eigenvalue weighted by molar-refractivity contribution is -0.128. The van der Waals surface area contributed by atoms with Gasteiger partial charge in [-0.3, -0.25) is 20.4 Å². The summed E-state index contributed by atoms with van der Waals surface area (Å²) >= 11 is 0. The Balaban J connectivity index is 1.72. The maximum Gasteiger partial charge on any atom is 0.276 e. The molecule has 2 N–H and O–H groups in total. The fraction of sp³-hybridized carbons (Fsp3) is 0.0588. The molecule has 0 heterocycles. The summed E-state index contributed by atoms with van der Waals surface area (Å²) in [6.45, 7) is -0.348. The Morgan fingerprint density at radius 2 is 1.75 bits per heavy atom. The number of hydrazine groups is 1. The molecule has 0 saturated heterocycles. The van der Waals surface area contributed by atoms with Crippen LogP contribution in [0.5, 0.6) is 5.75 Å². The van der Waals surface area contributed by atoms with E-state index in [4.69, 9.17) is 4.74 Å². The molecule has 124 valence electrons. The molecule has 5 nitrogen and oxygen atoms in total. The van der Waals surface area contributed by atoms with E-state index < -0.39 is 23.4 Å². The molecule has 7 heteroatoms. The van der Waals surface area contributed by atoms with Gasteiger partial charge in [0.2, 0.25) is 0 Å². The minimum Gasteiger partial charge on any atom is -0.484 e. The third-order valence-corrected chi connectivity index (χ3v) is 2.78. The van der Waals surface area contributed by atoms with Crippen LogP contribution in [0.3, 0.4) is 0 Å². The van der Waals surface area contributed by atoms with Crippen molar-refractivity contribution in [3.8, 4) is 5.75 Å². The van der Waals surface area contributed by atoms with Crippen LogP contribution in [-0.4, -0.2) is 18.4 Å². The predicted molar refractivity (Wildman–Crippen MR) is 83.6 cm³/mol. The zero-order valence-corrected chi connectivity index (χ0v) is 12.5. The minimum absolute atomic E-state index is 0.323. The van der Waals surface area contributed by atoms with E-state index in [9.17, 15) is 18.4 Å². The molecular weight excluding hydrogens is 318 g/mol. The fourth-order valence-corrected chi connectivity index (χ4v) is 1.67. The van der Waals surface area contributed by atoms with Gasteiger partial charge in [-0.25, -0.2) is 8.78 Å². The van der Waals surface area contributed by atoms with Gasteiger partial charge in [-0.15, -0.1) is 0 Å². The van der Waals surface area contributed by atoms with Gasteiger partial charge in [0.25, 0.3) is 11.8 Å². The first-order chi connectivity index (χ1) is 11.5. The summed E-state index contributed by atoms with van der Waals surface area (Å²) in [5.74, 6) is -1.68. The number of rotatable bonds is 5. The van der Waals surface area contributed by atoms with E-state index >= 15 is 0 Å². The first-order valence-electron chi connectivity index (χ1n) is 6.94. The van der Waals surface area contributed by atoms with Crippen molar-refractivity contribution in [2.45, 2.75) is 0 Å². The zero-order chi connectivity index (χ0) is 17.4. The van der Waals surface area contributed by atoms with Crippen LogP contribution in [0.25, 0.3) is 6.08 Å². The standard InChI is InChI=1S/C17H14F2N2O3/c18-13-5-7-15(8-6-13)24-11-17(23)21-20-16(22)9-4-12-2-1-3-14(19)10-12/h1-10H,11H2,(H,20,22)(H,21,23)/b9-4+. The van der Waals surface area contributed by atoms with Gasteiger partial charge in [-0.2, -0.15) is 0 Å². The number of hydrogen-bond donors (Lipinski definition) is 2. The number of benzene rings is 2. The van der Waals surface area contributed by atoms with Crippen molar-refractivity contribution < 1.29 is 23.1 Å². The molecule has 2 aromatic carbocycles. The summed E-state index contributed by atoms with van der Waals surface area (Å²) in [6.07, 6.45) is 2.55. The van der Waals surface area contributed by atoms with Crippen LogP contribution in [0, 0.1) is 11.6 Å². The third-order valence-electron chi connectivity index (χ3n) is 2.78. The van der Waals surface area contributed by atoms with Gasteiger partial charge in [0.1, 0.15) is 17.4 Å². The number of nitrogens with one attached hydrogen (secondary N) is 2. The van der Waals surface area contributed by atoms with Crippen molar-refractivity contribution >= 4 is 17.9 Å². The van der Waals surface area contributed by atoms with Crippen molar-refractivity contribution in [2.75, 3.05) is 6.61 Å². The second-order valence-corrected chi connectivity index (χ2v) is 4.67. The summed E-state index contributed by atoms with van der Waals surface area (Å²) < 4.78 is 30.8. The van der Waals surface area contributed by atoms with Crippen molar-refractivity contribution in [1.82, 2.24) is 10.9 Å². The number of halogens is 2. The molecule has 0 saturated carbocycles. The van der Waals surface area contributed by atoms with Crippen LogP contribution in [0.4, 0.5) is 8.78 Å². The van der Waals surface area contributed by atoms with Crippen LogP contribution in [0.15, 0.2) is 54.6 Å². The maximum atomic E-state index is 13.0. The Morgan fingerprint density at radius 1 is 1.00 bits per heavy atom. The SMILES string of the molecule is O=C(/C=C/c1cccc(F)c1)NNC(=O)COc1ccc(F)cc1. The minimum atomic E-state index is -0.591. The van der Waals surface area contributed by atoms with Crippen molar-refractivity contribution in [3.05, 3.63) is 71.8 Å². The van der Waals surface area contributed by atoms with E-state index in [-0.39, 0.29) is 6.61 Å². The third kappa shape index (κ3) is 5.88. The smallest absolute Gasteiger partial charge is 0.276 e. The molecule has 2 amide bonds. The first kappa shape index (κ1) is 17.1. The lowest BCUT2D eigenvalue weighted by atomic mass is 10.2. The van der Waals surface area contributed by atoms with Crippen LogP contribution in [0.2, 0.25) is 0 Å². The molecule has 0 aliphatic rings. The Kier molecular flexibility index (Phi) is 6.01. The molecule has 0 spiro atoms. The zero-order valence-electron chi connectivity index (χ0n) is 12.5. The highest BCUT2D eigenvalue weighted by molar-refractivity contribution is 5.93. The Bertz CT molecular complexity index is 746. The Morgan fingerprint density at radius 3 is 2.46 bits per heavy atom. The monoisotopic (exact) mass is 332 g/mol. The maximum absolute atomic E-state index is 13.0.